The first-order valence-electron chi connectivity index (χ1n) is 16.4. The summed E-state index contributed by atoms with van der Waals surface area (Å²) >= 11 is 0. The molecule has 0 atom stereocenters. The summed E-state index contributed by atoms with van der Waals surface area (Å²) in [6, 6.07) is 15.7. The molecule has 0 heterocycles. The molecule has 0 bridgehead atoms. The van der Waals surface area contributed by atoms with Crippen molar-refractivity contribution in [3.05, 3.63) is 88.0 Å². The van der Waals surface area contributed by atoms with Crippen LogP contribution in [-0.4, -0.2) is 51.5 Å². The number of para-hydroxylation sites is 3. The Kier molecular flexibility index (Phi) is 19.4. The van der Waals surface area contributed by atoms with E-state index in [0.717, 1.165) is 16.7 Å². The van der Waals surface area contributed by atoms with Gasteiger partial charge in [-0.25, -0.2) is 14.4 Å². The maximum atomic E-state index is 11.1. The van der Waals surface area contributed by atoms with Crippen LogP contribution in [0.2, 0.25) is 0 Å². The predicted octanol–water partition coefficient (Wildman–Crippen LogP) is 9.88. The van der Waals surface area contributed by atoms with Crippen molar-refractivity contribution >= 4 is 17.9 Å². The van der Waals surface area contributed by atoms with E-state index in [1.54, 1.807) is 36.4 Å². The number of hydrogen-bond acceptors (Lipinski definition) is 6. The zero-order chi connectivity index (χ0) is 36.9. The molecule has 0 saturated heterocycles. The summed E-state index contributed by atoms with van der Waals surface area (Å²) in [5.41, 5.74) is 3.52. The van der Waals surface area contributed by atoms with Crippen LogP contribution in [0.5, 0.6) is 17.2 Å². The molecule has 0 aliphatic heterocycles. The molecule has 3 aromatic rings. The van der Waals surface area contributed by atoms with Crippen LogP contribution in [-0.2, 0) is 17.4 Å². The monoisotopic (exact) mass is 718 g/mol. The SMILES string of the molecule is CC(C)Oc1c(C(=O)O)cccc1C(C)C.CC(C)Oc1c(C(=O)O)cccc1C(C)C.CC(C)Oc1c(C(=O)O)cccc1C(C)C.[Cr]. The molecule has 0 saturated carbocycles. The van der Waals surface area contributed by atoms with Crippen LogP contribution in [0.15, 0.2) is 54.6 Å². The number of ether oxygens (including phenoxy) is 3. The Morgan fingerprint density at radius 1 is 0.429 bits per heavy atom. The smallest absolute Gasteiger partial charge is 0.339 e. The van der Waals surface area contributed by atoms with E-state index < -0.39 is 17.9 Å². The van der Waals surface area contributed by atoms with Crippen molar-refractivity contribution in [2.45, 2.75) is 119 Å². The molecule has 10 heteroatoms. The number of carboxylic acids is 3. The zero-order valence-electron chi connectivity index (χ0n) is 30.9. The molecule has 49 heavy (non-hydrogen) atoms. The van der Waals surface area contributed by atoms with Crippen LogP contribution in [0.3, 0.4) is 0 Å². The van der Waals surface area contributed by atoms with Gasteiger partial charge in [-0.2, -0.15) is 0 Å². The topological polar surface area (TPSA) is 140 Å². The quantitative estimate of drug-likeness (QED) is 0.167. The van der Waals surface area contributed by atoms with Gasteiger partial charge in [0.25, 0.3) is 0 Å². The molecule has 3 aromatic carbocycles. The third kappa shape index (κ3) is 14.2. The fraction of sp³-hybridized carbons (Fsp3) is 0.462. The Labute approximate surface area is 302 Å². The molecule has 0 fully saturated rings. The molecular weight excluding hydrogens is 664 g/mol. The fourth-order valence-corrected chi connectivity index (χ4v) is 4.64. The second kappa shape index (κ2) is 21.2. The van der Waals surface area contributed by atoms with Crippen molar-refractivity contribution in [3.8, 4) is 17.2 Å². The predicted molar refractivity (Wildman–Crippen MR) is 190 cm³/mol. The standard InChI is InChI=1S/3C13H18O3.Cr/c3*1-8(2)10-6-5-7-11(13(14)15)12(10)16-9(3)4;/h3*5-9H,1-4H3,(H,14,15);. The minimum Gasteiger partial charge on any atom is -0.490 e. The second-order valence-corrected chi connectivity index (χ2v) is 13.1. The molecule has 0 amide bonds. The van der Waals surface area contributed by atoms with Crippen molar-refractivity contribution in [2.24, 2.45) is 0 Å². The first-order chi connectivity index (χ1) is 22.3. The van der Waals surface area contributed by atoms with Gasteiger partial charge < -0.3 is 29.5 Å². The van der Waals surface area contributed by atoms with Crippen LogP contribution in [0, 0.1) is 0 Å². The van der Waals surface area contributed by atoms with Crippen molar-refractivity contribution in [3.63, 3.8) is 0 Å². The Bertz CT molecular complexity index is 1330. The van der Waals surface area contributed by atoms with E-state index in [1.807, 2.05) is 101 Å². The molecule has 270 valence electrons. The van der Waals surface area contributed by atoms with Crippen LogP contribution < -0.4 is 14.2 Å². The van der Waals surface area contributed by atoms with Gasteiger partial charge in [-0.1, -0.05) is 77.9 Å². The van der Waals surface area contributed by atoms with E-state index in [1.165, 1.54) is 0 Å². The van der Waals surface area contributed by atoms with E-state index >= 15 is 0 Å². The third-order valence-corrected chi connectivity index (χ3v) is 6.75. The minimum absolute atomic E-state index is 0. The van der Waals surface area contributed by atoms with E-state index in [9.17, 15) is 14.4 Å². The van der Waals surface area contributed by atoms with Gasteiger partial charge in [0.1, 0.15) is 33.9 Å². The molecule has 0 spiro atoms. The van der Waals surface area contributed by atoms with E-state index in [0.29, 0.717) is 17.2 Å². The molecule has 0 unspecified atom stereocenters. The van der Waals surface area contributed by atoms with Crippen molar-refractivity contribution in [1.29, 1.82) is 0 Å². The molecule has 9 nitrogen and oxygen atoms in total. The summed E-state index contributed by atoms with van der Waals surface area (Å²) in [6.07, 6.45) is -0.0889. The van der Waals surface area contributed by atoms with Crippen LogP contribution in [0.25, 0.3) is 0 Å². The van der Waals surface area contributed by atoms with Gasteiger partial charge in [-0.3, -0.25) is 0 Å². The summed E-state index contributed by atoms with van der Waals surface area (Å²) in [6.45, 7) is 23.5. The number of hydrogen-bond donors (Lipinski definition) is 3. The van der Waals surface area contributed by atoms with Crippen LogP contribution >= 0.6 is 0 Å². The van der Waals surface area contributed by atoms with Gasteiger partial charge in [0.05, 0.1) is 18.3 Å². The van der Waals surface area contributed by atoms with Gasteiger partial charge in [0.2, 0.25) is 0 Å². The molecule has 0 aromatic heterocycles. The average Bonchev–Trinajstić information content (AvgIpc) is 2.96. The molecule has 3 rings (SSSR count). The average molecular weight is 719 g/mol. The Hall–Kier alpha value is -4.00. The zero-order valence-corrected chi connectivity index (χ0v) is 32.1. The normalized spacial score (nSPS) is 10.7. The van der Waals surface area contributed by atoms with Crippen molar-refractivity contribution in [1.82, 2.24) is 0 Å². The summed E-state index contributed by atoms with van der Waals surface area (Å²) in [7, 11) is 0. The number of carbonyl (C=O) groups is 3. The van der Waals surface area contributed by atoms with Gasteiger partial charge >= 0.3 is 17.9 Å². The summed E-state index contributed by atoms with van der Waals surface area (Å²) in [5.74, 6) is -0.608. The number of rotatable bonds is 12. The summed E-state index contributed by atoms with van der Waals surface area (Å²) < 4.78 is 16.9. The number of benzene rings is 3. The largest absolute Gasteiger partial charge is 0.490 e. The molecule has 0 aliphatic rings. The number of aromatic carboxylic acids is 3. The summed E-state index contributed by atoms with van der Waals surface area (Å²) in [5, 5.41) is 27.3. The van der Waals surface area contributed by atoms with Crippen LogP contribution in [0.4, 0.5) is 0 Å². The van der Waals surface area contributed by atoms with E-state index in [4.69, 9.17) is 29.5 Å². The first kappa shape index (κ1) is 45.0. The molecular formula is C39H54CrO9. The maximum Gasteiger partial charge on any atom is 0.339 e. The Balaban J connectivity index is 0.000000698. The van der Waals surface area contributed by atoms with Crippen molar-refractivity contribution < 1.29 is 61.3 Å². The van der Waals surface area contributed by atoms with Gasteiger partial charge in [-0.15, -0.1) is 0 Å². The maximum absolute atomic E-state index is 11.1. The molecule has 3 N–H and O–H groups in total. The van der Waals surface area contributed by atoms with Gasteiger partial charge in [0.15, 0.2) is 0 Å². The van der Waals surface area contributed by atoms with Gasteiger partial charge in [0, 0.05) is 17.4 Å². The van der Waals surface area contributed by atoms with Crippen molar-refractivity contribution in [2.75, 3.05) is 0 Å². The molecule has 0 radical (unpaired) electrons. The van der Waals surface area contributed by atoms with Crippen LogP contribution in [0.1, 0.15) is 149 Å². The van der Waals surface area contributed by atoms with E-state index in [-0.39, 0.29) is 70.1 Å². The first-order valence-corrected chi connectivity index (χ1v) is 16.4. The Morgan fingerprint density at radius 3 is 0.776 bits per heavy atom. The fourth-order valence-electron chi connectivity index (χ4n) is 4.64. The minimum atomic E-state index is -0.946. The number of carboxylic acid groups (broad SMARTS) is 3. The second-order valence-electron chi connectivity index (χ2n) is 13.1. The Morgan fingerprint density at radius 2 is 0.633 bits per heavy atom. The third-order valence-electron chi connectivity index (χ3n) is 6.75. The van der Waals surface area contributed by atoms with Gasteiger partial charge in [-0.05, 0) is 94.2 Å². The molecule has 0 aliphatic carbocycles. The summed E-state index contributed by atoms with van der Waals surface area (Å²) in [4.78, 5) is 33.3. The van der Waals surface area contributed by atoms with E-state index in [2.05, 4.69) is 0 Å².